The van der Waals surface area contributed by atoms with Gasteiger partial charge in [0.05, 0.1) is 17.6 Å². The van der Waals surface area contributed by atoms with Crippen molar-refractivity contribution in [3.63, 3.8) is 0 Å². The molecule has 2 heterocycles. The normalized spacial score (nSPS) is 10.8. The van der Waals surface area contributed by atoms with Crippen molar-refractivity contribution in [2.75, 3.05) is 13.2 Å². The molecular weight excluding hydrogens is 294 g/mol. The molecule has 0 fully saturated rings. The van der Waals surface area contributed by atoms with E-state index in [0.29, 0.717) is 6.61 Å². The Morgan fingerprint density at radius 1 is 1.28 bits per heavy atom. The summed E-state index contributed by atoms with van der Waals surface area (Å²) in [6, 6.07) is 3.90. The van der Waals surface area contributed by atoms with Crippen LogP contribution in [0.1, 0.15) is 13.3 Å². The first-order chi connectivity index (χ1) is 8.81. The maximum absolute atomic E-state index is 5.46. The smallest absolute Gasteiger partial charge is 0.107 e. The molecule has 2 rings (SSSR count). The minimum Gasteiger partial charge on any atom is -0.380 e. The molecule has 0 aliphatic heterocycles. The lowest BCUT2D eigenvalue weighted by molar-refractivity contribution is 0.124. The zero-order valence-corrected chi connectivity index (χ0v) is 11.9. The zero-order valence-electron chi connectivity index (χ0n) is 10.3. The fourth-order valence-corrected chi connectivity index (χ4v) is 2.17. The van der Waals surface area contributed by atoms with Gasteiger partial charge in [-0.25, -0.2) is 0 Å². The summed E-state index contributed by atoms with van der Waals surface area (Å²) in [5.41, 5.74) is 2.00. The minimum absolute atomic E-state index is 0.692. The molecule has 0 aliphatic rings. The summed E-state index contributed by atoms with van der Waals surface area (Å²) in [6.45, 7) is 4.37. The van der Waals surface area contributed by atoms with Gasteiger partial charge >= 0.3 is 0 Å². The molecule has 0 saturated heterocycles. The van der Waals surface area contributed by atoms with Crippen molar-refractivity contribution in [2.45, 2.75) is 19.9 Å². The molecule has 0 amide bonds. The SMILES string of the molecule is CCCOCCn1cc(Br)c(-c2ccncc2)n1. The highest BCUT2D eigenvalue weighted by molar-refractivity contribution is 9.10. The molecular formula is C13H16BrN3O. The Hall–Kier alpha value is -1.20. The van der Waals surface area contributed by atoms with E-state index >= 15 is 0 Å². The number of rotatable bonds is 6. The number of hydrogen-bond acceptors (Lipinski definition) is 3. The topological polar surface area (TPSA) is 39.9 Å². The van der Waals surface area contributed by atoms with Gasteiger partial charge in [-0.3, -0.25) is 9.67 Å². The Balaban J connectivity index is 2.03. The van der Waals surface area contributed by atoms with Gasteiger partial charge in [0, 0.05) is 30.8 Å². The summed E-state index contributed by atoms with van der Waals surface area (Å²) in [6.07, 6.45) is 6.56. The van der Waals surface area contributed by atoms with Crippen molar-refractivity contribution in [1.82, 2.24) is 14.8 Å². The highest BCUT2D eigenvalue weighted by Crippen LogP contribution is 2.25. The Morgan fingerprint density at radius 2 is 2.06 bits per heavy atom. The predicted octanol–water partition coefficient (Wildman–Crippen LogP) is 3.13. The molecule has 4 nitrogen and oxygen atoms in total. The summed E-state index contributed by atoms with van der Waals surface area (Å²) >= 11 is 3.53. The molecule has 0 bridgehead atoms. The van der Waals surface area contributed by atoms with Crippen LogP contribution in [0.5, 0.6) is 0 Å². The van der Waals surface area contributed by atoms with E-state index < -0.39 is 0 Å². The van der Waals surface area contributed by atoms with E-state index in [1.807, 2.05) is 23.0 Å². The van der Waals surface area contributed by atoms with Crippen LogP contribution in [0.3, 0.4) is 0 Å². The van der Waals surface area contributed by atoms with Gasteiger partial charge in [-0.2, -0.15) is 5.10 Å². The van der Waals surface area contributed by atoms with E-state index in [0.717, 1.165) is 35.3 Å². The van der Waals surface area contributed by atoms with Crippen LogP contribution < -0.4 is 0 Å². The summed E-state index contributed by atoms with van der Waals surface area (Å²) in [4.78, 5) is 4.01. The number of halogens is 1. The van der Waals surface area contributed by atoms with Crippen LogP contribution in [-0.2, 0) is 11.3 Å². The van der Waals surface area contributed by atoms with Crippen LogP contribution in [0.2, 0.25) is 0 Å². The zero-order chi connectivity index (χ0) is 12.8. The molecule has 0 saturated carbocycles. The van der Waals surface area contributed by atoms with Crippen molar-refractivity contribution in [2.24, 2.45) is 0 Å². The summed E-state index contributed by atoms with van der Waals surface area (Å²) in [5.74, 6) is 0. The van der Waals surface area contributed by atoms with Gasteiger partial charge in [-0.05, 0) is 34.5 Å². The largest absolute Gasteiger partial charge is 0.380 e. The third-order valence-electron chi connectivity index (χ3n) is 2.48. The fourth-order valence-electron chi connectivity index (χ4n) is 1.62. The van der Waals surface area contributed by atoms with E-state index in [4.69, 9.17) is 4.74 Å². The van der Waals surface area contributed by atoms with Gasteiger partial charge < -0.3 is 4.74 Å². The fraction of sp³-hybridized carbons (Fsp3) is 0.385. The van der Waals surface area contributed by atoms with Crippen LogP contribution >= 0.6 is 15.9 Å². The average molecular weight is 310 g/mol. The monoisotopic (exact) mass is 309 g/mol. The molecule has 2 aromatic rings. The Bertz CT molecular complexity index is 484. The van der Waals surface area contributed by atoms with Crippen LogP contribution in [0.25, 0.3) is 11.3 Å². The van der Waals surface area contributed by atoms with Crippen LogP contribution in [0, 0.1) is 0 Å². The Labute approximate surface area is 115 Å². The van der Waals surface area contributed by atoms with Gasteiger partial charge in [-0.15, -0.1) is 0 Å². The summed E-state index contributed by atoms with van der Waals surface area (Å²) in [5, 5.41) is 4.54. The van der Waals surface area contributed by atoms with Crippen LogP contribution in [0.15, 0.2) is 35.2 Å². The average Bonchev–Trinajstić information content (AvgIpc) is 2.77. The lowest BCUT2D eigenvalue weighted by Crippen LogP contribution is -2.06. The van der Waals surface area contributed by atoms with E-state index in [1.54, 1.807) is 12.4 Å². The van der Waals surface area contributed by atoms with Crippen molar-refractivity contribution < 1.29 is 4.74 Å². The molecule has 18 heavy (non-hydrogen) atoms. The number of ether oxygens (including phenoxy) is 1. The van der Waals surface area contributed by atoms with Gasteiger partial charge in [0.25, 0.3) is 0 Å². The van der Waals surface area contributed by atoms with Crippen LogP contribution in [-0.4, -0.2) is 28.0 Å². The first kappa shape index (κ1) is 13.2. The van der Waals surface area contributed by atoms with Crippen molar-refractivity contribution >= 4 is 15.9 Å². The number of aromatic nitrogens is 3. The molecule has 96 valence electrons. The molecule has 0 N–H and O–H groups in total. The highest BCUT2D eigenvalue weighted by Gasteiger charge is 2.08. The highest BCUT2D eigenvalue weighted by atomic mass is 79.9. The maximum Gasteiger partial charge on any atom is 0.107 e. The quantitative estimate of drug-likeness (QED) is 0.770. The van der Waals surface area contributed by atoms with E-state index in [1.165, 1.54) is 0 Å². The molecule has 2 aromatic heterocycles. The number of pyridine rings is 1. The second-order valence-corrected chi connectivity index (χ2v) is 4.79. The first-order valence-electron chi connectivity index (χ1n) is 6.02. The number of nitrogens with zero attached hydrogens (tertiary/aromatic N) is 3. The molecule has 0 radical (unpaired) electrons. The van der Waals surface area contributed by atoms with E-state index in [2.05, 4.69) is 32.9 Å². The van der Waals surface area contributed by atoms with Gasteiger partial charge in [0.15, 0.2) is 0 Å². The van der Waals surface area contributed by atoms with Crippen LogP contribution in [0.4, 0.5) is 0 Å². The molecule has 0 spiro atoms. The molecule has 0 atom stereocenters. The lowest BCUT2D eigenvalue weighted by atomic mass is 10.2. The third kappa shape index (κ3) is 3.40. The predicted molar refractivity (Wildman–Crippen MR) is 74.3 cm³/mol. The second kappa shape index (κ2) is 6.66. The van der Waals surface area contributed by atoms with E-state index in [9.17, 15) is 0 Å². The minimum atomic E-state index is 0.692. The summed E-state index contributed by atoms with van der Waals surface area (Å²) in [7, 11) is 0. The van der Waals surface area contributed by atoms with Crippen molar-refractivity contribution in [1.29, 1.82) is 0 Å². The molecule has 0 unspecified atom stereocenters. The second-order valence-electron chi connectivity index (χ2n) is 3.94. The van der Waals surface area contributed by atoms with Crippen molar-refractivity contribution in [3.05, 3.63) is 35.2 Å². The molecule has 0 aliphatic carbocycles. The van der Waals surface area contributed by atoms with Crippen molar-refractivity contribution in [3.8, 4) is 11.3 Å². The molecule has 5 heteroatoms. The maximum atomic E-state index is 5.46. The van der Waals surface area contributed by atoms with Gasteiger partial charge in [0.1, 0.15) is 5.69 Å². The standard InChI is InChI=1S/C13H16BrN3O/c1-2-8-18-9-7-17-10-12(14)13(16-17)11-3-5-15-6-4-11/h3-6,10H,2,7-9H2,1H3. The lowest BCUT2D eigenvalue weighted by Gasteiger charge is -2.02. The Kier molecular flexibility index (Phi) is 4.90. The first-order valence-corrected chi connectivity index (χ1v) is 6.81. The van der Waals surface area contributed by atoms with Gasteiger partial charge in [0.2, 0.25) is 0 Å². The molecule has 0 aromatic carbocycles. The number of hydrogen-bond donors (Lipinski definition) is 0. The third-order valence-corrected chi connectivity index (χ3v) is 3.06. The summed E-state index contributed by atoms with van der Waals surface area (Å²) < 4.78 is 8.34. The van der Waals surface area contributed by atoms with Gasteiger partial charge in [-0.1, -0.05) is 6.92 Å². The Morgan fingerprint density at radius 3 is 2.78 bits per heavy atom. The van der Waals surface area contributed by atoms with E-state index in [-0.39, 0.29) is 0 Å².